The first kappa shape index (κ1) is 27.4. The zero-order chi connectivity index (χ0) is 26.1. The van der Waals surface area contributed by atoms with Crippen molar-refractivity contribution in [3.63, 3.8) is 0 Å². The fraction of sp³-hybridized carbons (Fsp3) is 0.321. The molecule has 0 aromatic heterocycles. The lowest BCUT2D eigenvalue weighted by molar-refractivity contribution is 0.0600. The summed E-state index contributed by atoms with van der Waals surface area (Å²) in [5.74, 6) is -0.0668. The molecule has 7 nitrogen and oxygen atoms in total. The average molecular weight is 512 g/mol. The lowest BCUT2D eigenvalue weighted by Gasteiger charge is -2.19. The standard InChI is InChI=1S/C28H33NO6S/c1-20(15-21-9-11-23(12-10-21)28(31)34-2)29-17-26(30)24-13-14-27(25(16-24)19-36(3,32)33)35-18-22-7-5-4-6-8-22/h4-14,16,20,26,29-30H,15,17-19H2,1-3H3. The van der Waals surface area contributed by atoms with Gasteiger partial charge in [0.1, 0.15) is 12.4 Å². The smallest absolute Gasteiger partial charge is 0.337 e. The summed E-state index contributed by atoms with van der Waals surface area (Å²) in [6.07, 6.45) is 1.06. The Morgan fingerprint density at radius 3 is 2.33 bits per heavy atom. The Morgan fingerprint density at radius 1 is 1.00 bits per heavy atom. The second-order valence-electron chi connectivity index (χ2n) is 8.93. The molecule has 2 atom stereocenters. The van der Waals surface area contributed by atoms with Crippen LogP contribution in [0.3, 0.4) is 0 Å². The molecule has 0 amide bonds. The van der Waals surface area contributed by atoms with Crippen molar-refractivity contribution in [1.29, 1.82) is 0 Å². The van der Waals surface area contributed by atoms with Crippen LogP contribution in [0.1, 0.15) is 45.6 Å². The van der Waals surface area contributed by atoms with Gasteiger partial charge in [0.15, 0.2) is 9.84 Å². The van der Waals surface area contributed by atoms with Crippen LogP contribution in [0.25, 0.3) is 0 Å². The van der Waals surface area contributed by atoms with E-state index in [2.05, 4.69) is 5.32 Å². The van der Waals surface area contributed by atoms with Gasteiger partial charge in [0, 0.05) is 24.4 Å². The van der Waals surface area contributed by atoms with E-state index in [-0.39, 0.29) is 17.8 Å². The van der Waals surface area contributed by atoms with E-state index in [1.165, 1.54) is 13.4 Å². The number of esters is 1. The summed E-state index contributed by atoms with van der Waals surface area (Å²) in [4.78, 5) is 11.6. The zero-order valence-corrected chi connectivity index (χ0v) is 21.6. The van der Waals surface area contributed by atoms with Crippen LogP contribution in [-0.4, -0.2) is 45.4 Å². The fourth-order valence-electron chi connectivity index (χ4n) is 3.83. The first-order chi connectivity index (χ1) is 17.1. The second kappa shape index (κ2) is 12.7. The third-order valence-corrected chi connectivity index (χ3v) is 6.54. The number of benzene rings is 3. The van der Waals surface area contributed by atoms with Crippen molar-refractivity contribution in [2.24, 2.45) is 0 Å². The van der Waals surface area contributed by atoms with Crippen LogP contribution in [0.2, 0.25) is 0 Å². The molecule has 2 N–H and O–H groups in total. The van der Waals surface area contributed by atoms with E-state index >= 15 is 0 Å². The van der Waals surface area contributed by atoms with Gasteiger partial charge in [-0.2, -0.15) is 0 Å². The maximum Gasteiger partial charge on any atom is 0.337 e. The van der Waals surface area contributed by atoms with Gasteiger partial charge < -0.3 is 19.9 Å². The van der Waals surface area contributed by atoms with E-state index in [4.69, 9.17) is 9.47 Å². The molecular formula is C28H33NO6S. The molecule has 3 rings (SSSR count). The molecule has 0 heterocycles. The Bertz CT molecular complexity index is 1240. The van der Waals surface area contributed by atoms with Crippen molar-refractivity contribution in [1.82, 2.24) is 5.32 Å². The molecule has 0 spiro atoms. The van der Waals surface area contributed by atoms with Gasteiger partial charge in [-0.05, 0) is 54.3 Å². The van der Waals surface area contributed by atoms with Crippen LogP contribution >= 0.6 is 0 Å². The van der Waals surface area contributed by atoms with E-state index in [1.54, 1.807) is 30.3 Å². The van der Waals surface area contributed by atoms with E-state index < -0.39 is 15.9 Å². The summed E-state index contributed by atoms with van der Waals surface area (Å²) in [7, 11) is -1.95. The number of ether oxygens (including phenoxy) is 2. The maximum absolute atomic E-state index is 12.0. The van der Waals surface area contributed by atoms with Gasteiger partial charge in [0.2, 0.25) is 0 Å². The summed E-state index contributed by atoms with van der Waals surface area (Å²) in [5, 5.41) is 14.1. The van der Waals surface area contributed by atoms with E-state index in [9.17, 15) is 18.3 Å². The predicted octanol–water partition coefficient (Wildman–Crippen LogP) is 3.85. The minimum Gasteiger partial charge on any atom is -0.489 e. The summed E-state index contributed by atoms with van der Waals surface area (Å²) in [6, 6.07) is 22.1. The quantitative estimate of drug-likeness (QED) is 0.356. The van der Waals surface area contributed by atoms with Crippen molar-refractivity contribution in [3.05, 3.63) is 101 Å². The molecule has 0 fully saturated rings. The van der Waals surface area contributed by atoms with Gasteiger partial charge in [0.05, 0.1) is 24.5 Å². The van der Waals surface area contributed by atoms with Crippen LogP contribution in [-0.2, 0) is 33.4 Å². The molecule has 0 aliphatic carbocycles. The van der Waals surface area contributed by atoms with E-state index in [0.29, 0.717) is 42.0 Å². The Morgan fingerprint density at radius 2 is 1.69 bits per heavy atom. The van der Waals surface area contributed by atoms with Gasteiger partial charge in [-0.15, -0.1) is 0 Å². The fourth-order valence-corrected chi connectivity index (χ4v) is 4.62. The molecule has 3 aromatic carbocycles. The third-order valence-electron chi connectivity index (χ3n) is 5.70. The molecule has 0 aliphatic rings. The number of aliphatic hydroxyl groups is 1. The van der Waals surface area contributed by atoms with Gasteiger partial charge in [-0.25, -0.2) is 13.2 Å². The molecule has 0 saturated carbocycles. The molecule has 192 valence electrons. The average Bonchev–Trinajstić information content (AvgIpc) is 2.86. The molecule has 8 heteroatoms. The largest absolute Gasteiger partial charge is 0.489 e. The molecule has 0 bridgehead atoms. The van der Waals surface area contributed by atoms with Crippen LogP contribution in [0, 0.1) is 0 Å². The molecule has 36 heavy (non-hydrogen) atoms. The SMILES string of the molecule is COC(=O)c1ccc(CC(C)NCC(O)c2ccc(OCc3ccccc3)c(CS(C)(=O)=O)c2)cc1. The second-order valence-corrected chi connectivity index (χ2v) is 11.1. The number of methoxy groups -OCH3 is 1. The Kier molecular flexibility index (Phi) is 9.64. The highest BCUT2D eigenvalue weighted by atomic mass is 32.2. The summed E-state index contributed by atoms with van der Waals surface area (Å²) in [6.45, 7) is 2.62. The molecule has 0 saturated heterocycles. The van der Waals surface area contributed by atoms with Gasteiger partial charge >= 0.3 is 5.97 Å². The van der Waals surface area contributed by atoms with Crippen LogP contribution < -0.4 is 10.1 Å². The number of carbonyl (C=O) groups is 1. The lowest BCUT2D eigenvalue weighted by Crippen LogP contribution is -2.32. The summed E-state index contributed by atoms with van der Waals surface area (Å²) < 4.78 is 34.7. The van der Waals surface area contributed by atoms with Crippen LogP contribution in [0.4, 0.5) is 0 Å². The third kappa shape index (κ3) is 8.48. The van der Waals surface area contributed by atoms with Crippen molar-refractivity contribution < 1.29 is 27.8 Å². The van der Waals surface area contributed by atoms with Gasteiger partial charge in [-0.3, -0.25) is 0 Å². The highest BCUT2D eigenvalue weighted by molar-refractivity contribution is 7.89. The topological polar surface area (TPSA) is 102 Å². The Labute approximate surface area is 213 Å². The first-order valence-electron chi connectivity index (χ1n) is 11.7. The van der Waals surface area contributed by atoms with Crippen molar-refractivity contribution in [2.75, 3.05) is 19.9 Å². The van der Waals surface area contributed by atoms with Gasteiger partial charge in [0.25, 0.3) is 0 Å². The summed E-state index contributed by atoms with van der Waals surface area (Å²) >= 11 is 0. The number of sulfone groups is 1. The molecule has 0 radical (unpaired) electrons. The number of nitrogens with one attached hydrogen (secondary N) is 1. The zero-order valence-electron chi connectivity index (χ0n) is 20.8. The Balaban J connectivity index is 1.62. The number of hydrogen-bond donors (Lipinski definition) is 2. The first-order valence-corrected chi connectivity index (χ1v) is 13.8. The number of carbonyl (C=O) groups excluding carboxylic acids is 1. The van der Waals surface area contributed by atoms with Crippen LogP contribution in [0.15, 0.2) is 72.8 Å². The monoisotopic (exact) mass is 511 g/mol. The van der Waals surface area contributed by atoms with Crippen LogP contribution in [0.5, 0.6) is 5.75 Å². The maximum atomic E-state index is 12.0. The van der Waals surface area contributed by atoms with E-state index in [1.807, 2.05) is 49.4 Å². The van der Waals surface area contributed by atoms with Crippen molar-refractivity contribution >= 4 is 15.8 Å². The normalized spacial score (nSPS) is 13.1. The number of hydrogen-bond acceptors (Lipinski definition) is 7. The van der Waals surface area contributed by atoms with Gasteiger partial charge in [-0.1, -0.05) is 48.5 Å². The molecule has 3 aromatic rings. The molecule has 0 aliphatic heterocycles. The minimum atomic E-state index is -3.30. The molecule has 2 unspecified atom stereocenters. The van der Waals surface area contributed by atoms with Crippen molar-refractivity contribution in [2.45, 2.75) is 37.9 Å². The Hall–Kier alpha value is -3.20. The highest BCUT2D eigenvalue weighted by Gasteiger charge is 2.16. The summed E-state index contributed by atoms with van der Waals surface area (Å²) in [5.41, 5.74) is 3.66. The number of aliphatic hydroxyl groups excluding tert-OH is 1. The van der Waals surface area contributed by atoms with Crippen molar-refractivity contribution in [3.8, 4) is 5.75 Å². The van der Waals surface area contributed by atoms with E-state index in [0.717, 1.165) is 11.1 Å². The predicted molar refractivity (Wildman–Crippen MR) is 140 cm³/mol. The highest BCUT2D eigenvalue weighted by Crippen LogP contribution is 2.26. The number of rotatable bonds is 12. The minimum absolute atomic E-state index is 0.0626. The molecular weight excluding hydrogens is 478 g/mol. The lowest BCUT2D eigenvalue weighted by atomic mass is 10.0.